The summed E-state index contributed by atoms with van der Waals surface area (Å²) in [7, 11) is 0. The van der Waals surface area contributed by atoms with Gasteiger partial charge in [0.05, 0.1) is 0 Å². The summed E-state index contributed by atoms with van der Waals surface area (Å²) in [6.07, 6.45) is 1.89. The van der Waals surface area contributed by atoms with Crippen molar-refractivity contribution < 1.29 is 14.3 Å². The maximum absolute atomic E-state index is 11.8. The quantitative estimate of drug-likeness (QED) is 0.657. The Kier molecular flexibility index (Phi) is 3.82. The summed E-state index contributed by atoms with van der Waals surface area (Å²) in [4.78, 5) is 11.8. The molecule has 1 aliphatic rings. The van der Waals surface area contributed by atoms with E-state index in [1.54, 1.807) is 18.2 Å². The fourth-order valence-corrected chi connectivity index (χ4v) is 1.67. The van der Waals surface area contributed by atoms with Gasteiger partial charge in [0.2, 0.25) is 6.79 Å². The lowest BCUT2D eigenvalue weighted by atomic mass is 10.2. The molecule has 1 aromatic rings. The highest BCUT2D eigenvalue weighted by Gasteiger charge is 2.15. The lowest BCUT2D eigenvalue weighted by Gasteiger charge is -2.03. The van der Waals surface area contributed by atoms with Crippen LogP contribution in [0.1, 0.15) is 37.0 Å². The summed E-state index contributed by atoms with van der Waals surface area (Å²) in [6, 6.07) is 5.07. The molecule has 0 spiro atoms. The van der Waals surface area contributed by atoms with Crippen LogP contribution in [0.3, 0.4) is 0 Å². The highest BCUT2D eigenvalue weighted by atomic mass is 16.7. The minimum absolute atomic E-state index is 0.203. The predicted octanol–water partition coefficient (Wildman–Crippen LogP) is 2.32. The zero-order valence-corrected chi connectivity index (χ0v) is 10.5. The lowest BCUT2D eigenvalue weighted by Crippen LogP contribution is -2.18. The fraction of sp³-hybridized carbons (Fsp3) is 0.385. The molecule has 1 aromatic carbocycles. The van der Waals surface area contributed by atoms with Gasteiger partial charge in [-0.1, -0.05) is 13.3 Å². The zero-order chi connectivity index (χ0) is 13.0. The number of fused-ring (bicyclic) bond motifs is 1. The van der Waals surface area contributed by atoms with Crippen LogP contribution in [0.4, 0.5) is 0 Å². The van der Waals surface area contributed by atoms with Gasteiger partial charge < -0.3 is 9.47 Å². The number of amides is 1. The SMILES string of the molecule is CCC/C(C)=N/NC(=O)c1ccc2c(c1)OCO2. The Morgan fingerprint density at radius 1 is 1.39 bits per heavy atom. The Labute approximate surface area is 106 Å². The van der Waals surface area contributed by atoms with Gasteiger partial charge in [-0.2, -0.15) is 5.10 Å². The number of nitrogens with one attached hydrogen (secondary N) is 1. The third-order valence-corrected chi connectivity index (χ3v) is 2.59. The molecular formula is C13H16N2O3. The van der Waals surface area contributed by atoms with E-state index in [2.05, 4.69) is 17.5 Å². The maximum atomic E-state index is 11.8. The van der Waals surface area contributed by atoms with E-state index in [0.717, 1.165) is 18.6 Å². The summed E-state index contributed by atoms with van der Waals surface area (Å²) in [6.45, 7) is 4.16. The molecule has 0 unspecified atom stereocenters. The second-order valence-corrected chi connectivity index (χ2v) is 4.11. The van der Waals surface area contributed by atoms with E-state index in [1.807, 2.05) is 6.92 Å². The first-order valence-corrected chi connectivity index (χ1v) is 5.94. The topological polar surface area (TPSA) is 59.9 Å². The Hall–Kier alpha value is -2.04. The molecule has 0 aromatic heterocycles. The predicted molar refractivity (Wildman–Crippen MR) is 68.0 cm³/mol. The number of ether oxygens (including phenoxy) is 2. The molecule has 1 amide bonds. The second-order valence-electron chi connectivity index (χ2n) is 4.11. The normalized spacial score (nSPS) is 13.6. The van der Waals surface area contributed by atoms with Crippen LogP contribution in [0.2, 0.25) is 0 Å². The Morgan fingerprint density at radius 3 is 2.94 bits per heavy atom. The van der Waals surface area contributed by atoms with Gasteiger partial charge in [0.1, 0.15) is 0 Å². The van der Waals surface area contributed by atoms with Crippen LogP contribution in [-0.2, 0) is 0 Å². The molecule has 5 nitrogen and oxygen atoms in total. The Balaban J connectivity index is 2.03. The van der Waals surface area contributed by atoms with Gasteiger partial charge in [-0.25, -0.2) is 5.43 Å². The largest absolute Gasteiger partial charge is 0.454 e. The number of hydrazone groups is 1. The van der Waals surface area contributed by atoms with Crippen LogP contribution in [0.5, 0.6) is 11.5 Å². The van der Waals surface area contributed by atoms with E-state index in [9.17, 15) is 4.79 Å². The summed E-state index contributed by atoms with van der Waals surface area (Å²) < 4.78 is 10.4. The van der Waals surface area contributed by atoms with Crippen LogP contribution in [0.25, 0.3) is 0 Å². The molecule has 0 fully saturated rings. The highest BCUT2D eigenvalue weighted by Crippen LogP contribution is 2.32. The van der Waals surface area contributed by atoms with Crippen molar-refractivity contribution in [3.63, 3.8) is 0 Å². The van der Waals surface area contributed by atoms with E-state index in [1.165, 1.54) is 0 Å². The summed E-state index contributed by atoms with van der Waals surface area (Å²) in [5.41, 5.74) is 3.94. The highest BCUT2D eigenvalue weighted by molar-refractivity contribution is 5.95. The van der Waals surface area contributed by atoms with Crippen molar-refractivity contribution in [2.24, 2.45) is 5.10 Å². The molecular weight excluding hydrogens is 232 g/mol. The number of benzene rings is 1. The molecule has 2 rings (SSSR count). The number of hydrogen-bond acceptors (Lipinski definition) is 4. The van der Waals surface area contributed by atoms with Crippen molar-refractivity contribution in [2.75, 3.05) is 6.79 Å². The molecule has 18 heavy (non-hydrogen) atoms. The average molecular weight is 248 g/mol. The molecule has 0 atom stereocenters. The van der Waals surface area contributed by atoms with Crippen molar-refractivity contribution in [1.29, 1.82) is 0 Å². The van der Waals surface area contributed by atoms with Crippen LogP contribution in [0, 0.1) is 0 Å². The van der Waals surface area contributed by atoms with Crippen LogP contribution in [0.15, 0.2) is 23.3 Å². The summed E-state index contributed by atoms with van der Waals surface area (Å²) in [5, 5.41) is 4.03. The minimum Gasteiger partial charge on any atom is -0.454 e. The number of carbonyl (C=O) groups excluding carboxylic acids is 1. The molecule has 0 bridgehead atoms. The van der Waals surface area contributed by atoms with E-state index in [4.69, 9.17) is 9.47 Å². The minimum atomic E-state index is -0.247. The number of carbonyl (C=O) groups is 1. The van der Waals surface area contributed by atoms with Gasteiger partial charge in [-0.15, -0.1) is 0 Å². The van der Waals surface area contributed by atoms with Crippen LogP contribution in [-0.4, -0.2) is 18.4 Å². The Morgan fingerprint density at radius 2 is 2.17 bits per heavy atom. The first-order chi connectivity index (χ1) is 8.70. The van der Waals surface area contributed by atoms with Gasteiger partial charge in [-0.05, 0) is 31.5 Å². The van der Waals surface area contributed by atoms with Gasteiger partial charge in [-0.3, -0.25) is 4.79 Å². The Bertz CT molecular complexity index is 483. The summed E-state index contributed by atoms with van der Waals surface area (Å²) in [5.74, 6) is 1.01. The third-order valence-electron chi connectivity index (χ3n) is 2.59. The molecule has 96 valence electrons. The zero-order valence-electron chi connectivity index (χ0n) is 10.5. The third kappa shape index (κ3) is 2.80. The molecule has 0 saturated heterocycles. The second kappa shape index (κ2) is 5.53. The van der Waals surface area contributed by atoms with Crippen molar-refractivity contribution in [3.8, 4) is 11.5 Å². The maximum Gasteiger partial charge on any atom is 0.271 e. The van der Waals surface area contributed by atoms with Gasteiger partial charge in [0, 0.05) is 11.3 Å². The number of nitrogens with zero attached hydrogens (tertiary/aromatic N) is 1. The van der Waals surface area contributed by atoms with Crippen LogP contribution >= 0.6 is 0 Å². The lowest BCUT2D eigenvalue weighted by molar-refractivity contribution is 0.0954. The number of rotatable bonds is 4. The molecule has 1 N–H and O–H groups in total. The van der Waals surface area contributed by atoms with E-state index >= 15 is 0 Å². The van der Waals surface area contributed by atoms with E-state index in [-0.39, 0.29) is 12.7 Å². The monoisotopic (exact) mass is 248 g/mol. The van der Waals surface area contributed by atoms with Gasteiger partial charge in [0.25, 0.3) is 5.91 Å². The van der Waals surface area contributed by atoms with E-state index < -0.39 is 0 Å². The average Bonchev–Trinajstić information content (AvgIpc) is 2.83. The van der Waals surface area contributed by atoms with Crippen molar-refractivity contribution in [1.82, 2.24) is 5.43 Å². The fourth-order valence-electron chi connectivity index (χ4n) is 1.67. The molecule has 1 heterocycles. The standard InChI is InChI=1S/C13H16N2O3/c1-3-4-9(2)14-15-13(16)10-5-6-11-12(7-10)18-8-17-11/h5-7H,3-4,8H2,1-2H3,(H,15,16)/b14-9+. The van der Waals surface area contributed by atoms with Crippen molar-refractivity contribution in [2.45, 2.75) is 26.7 Å². The van der Waals surface area contributed by atoms with Crippen molar-refractivity contribution >= 4 is 11.6 Å². The molecule has 0 aliphatic carbocycles. The molecule has 0 radical (unpaired) electrons. The summed E-state index contributed by atoms with van der Waals surface area (Å²) >= 11 is 0. The molecule has 0 saturated carbocycles. The molecule has 5 heteroatoms. The smallest absolute Gasteiger partial charge is 0.271 e. The first kappa shape index (κ1) is 12.4. The van der Waals surface area contributed by atoms with E-state index in [0.29, 0.717) is 17.1 Å². The first-order valence-electron chi connectivity index (χ1n) is 5.94. The van der Waals surface area contributed by atoms with Crippen LogP contribution < -0.4 is 14.9 Å². The number of hydrogen-bond donors (Lipinski definition) is 1. The molecule has 1 aliphatic heterocycles. The van der Waals surface area contributed by atoms with Gasteiger partial charge in [0.15, 0.2) is 11.5 Å². The van der Waals surface area contributed by atoms with Gasteiger partial charge >= 0.3 is 0 Å². The van der Waals surface area contributed by atoms with Crippen molar-refractivity contribution in [3.05, 3.63) is 23.8 Å².